The number of carbonyl (C=O) groups excluding carboxylic acids is 1. The smallest absolute Gasteiger partial charge is 0.266 e. The van der Waals surface area contributed by atoms with Gasteiger partial charge in [0.25, 0.3) is 5.56 Å². The van der Waals surface area contributed by atoms with Crippen molar-refractivity contribution in [3.63, 3.8) is 0 Å². The van der Waals surface area contributed by atoms with E-state index in [4.69, 9.17) is 0 Å². The molecule has 0 unspecified atom stereocenters. The van der Waals surface area contributed by atoms with E-state index in [2.05, 4.69) is 10.4 Å². The van der Waals surface area contributed by atoms with Crippen molar-refractivity contribution in [3.8, 4) is 0 Å². The predicted molar refractivity (Wildman–Crippen MR) is 58.8 cm³/mol. The lowest BCUT2D eigenvalue weighted by molar-refractivity contribution is -0.127. The molecule has 0 aromatic carbocycles. The first-order valence-electron chi connectivity index (χ1n) is 5.57. The zero-order valence-corrected chi connectivity index (χ0v) is 9.06. The molecule has 1 heterocycles. The third-order valence-corrected chi connectivity index (χ3v) is 2.88. The van der Waals surface area contributed by atoms with Crippen LogP contribution >= 0.6 is 0 Å². The molecule has 0 bridgehead atoms. The number of nitrogens with one attached hydrogen (secondary N) is 1. The van der Waals surface area contributed by atoms with E-state index < -0.39 is 0 Å². The van der Waals surface area contributed by atoms with Crippen LogP contribution in [-0.4, -0.2) is 22.2 Å². The van der Waals surface area contributed by atoms with E-state index in [0.717, 1.165) is 19.3 Å². The summed E-state index contributed by atoms with van der Waals surface area (Å²) in [5, 5.41) is 6.73. The second kappa shape index (κ2) is 4.92. The molecule has 1 aromatic rings. The number of amides is 1. The lowest BCUT2D eigenvalue weighted by Crippen LogP contribution is -2.37. The highest BCUT2D eigenvalue weighted by Crippen LogP contribution is 2.25. The van der Waals surface area contributed by atoms with Crippen molar-refractivity contribution in [2.24, 2.45) is 5.92 Å². The molecule has 16 heavy (non-hydrogen) atoms. The number of nitrogens with zero attached hydrogens (tertiary/aromatic N) is 2. The van der Waals surface area contributed by atoms with E-state index >= 15 is 0 Å². The normalized spacial score (nSPS) is 15.5. The molecular weight excluding hydrogens is 206 g/mol. The van der Waals surface area contributed by atoms with Crippen LogP contribution in [0.15, 0.2) is 23.1 Å². The van der Waals surface area contributed by atoms with Gasteiger partial charge in [0.05, 0.1) is 6.54 Å². The van der Waals surface area contributed by atoms with Crippen LogP contribution < -0.4 is 10.9 Å². The number of aromatic nitrogens is 2. The minimum atomic E-state index is -0.139. The molecule has 1 aromatic heterocycles. The Kier molecular flexibility index (Phi) is 3.34. The molecule has 0 saturated heterocycles. The van der Waals surface area contributed by atoms with Gasteiger partial charge in [-0.3, -0.25) is 9.59 Å². The summed E-state index contributed by atoms with van der Waals surface area (Å²) in [4.78, 5) is 22.8. The summed E-state index contributed by atoms with van der Waals surface area (Å²) >= 11 is 0. The van der Waals surface area contributed by atoms with Crippen LogP contribution in [0.5, 0.6) is 0 Å². The van der Waals surface area contributed by atoms with Crippen molar-refractivity contribution in [3.05, 3.63) is 28.7 Å². The first-order valence-corrected chi connectivity index (χ1v) is 5.57. The van der Waals surface area contributed by atoms with Crippen molar-refractivity contribution in [1.29, 1.82) is 0 Å². The fourth-order valence-corrected chi connectivity index (χ4v) is 1.65. The molecule has 2 rings (SSSR count). The maximum absolute atomic E-state index is 11.5. The molecule has 5 nitrogen and oxygen atoms in total. The van der Waals surface area contributed by atoms with Crippen LogP contribution in [0.25, 0.3) is 0 Å². The quantitative estimate of drug-likeness (QED) is 0.787. The van der Waals surface area contributed by atoms with Gasteiger partial charge in [-0.2, -0.15) is 5.10 Å². The Morgan fingerprint density at radius 2 is 2.38 bits per heavy atom. The van der Waals surface area contributed by atoms with Gasteiger partial charge in [-0.25, -0.2) is 4.68 Å². The standard InChI is InChI=1S/C11H15N3O2/c15-10-5-2-6-13-14(10)8-7-12-11(16)9-3-1-4-9/h2,5-6,9H,1,3-4,7-8H2,(H,12,16). The molecule has 0 radical (unpaired) electrons. The Balaban J connectivity index is 1.77. The Hall–Kier alpha value is -1.65. The zero-order valence-electron chi connectivity index (χ0n) is 9.06. The molecule has 1 amide bonds. The lowest BCUT2D eigenvalue weighted by atomic mass is 9.85. The van der Waals surface area contributed by atoms with Gasteiger partial charge >= 0.3 is 0 Å². The minimum absolute atomic E-state index is 0.107. The number of carbonyl (C=O) groups is 1. The predicted octanol–water partition coefficient (Wildman–Crippen LogP) is 0.160. The minimum Gasteiger partial charge on any atom is -0.354 e. The van der Waals surface area contributed by atoms with E-state index in [0.29, 0.717) is 13.1 Å². The molecule has 0 spiro atoms. The highest BCUT2D eigenvalue weighted by Gasteiger charge is 2.24. The zero-order chi connectivity index (χ0) is 11.4. The van der Waals surface area contributed by atoms with Gasteiger partial charge in [-0.1, -0.05) is 6.42 Å². The van der Waals surface area contributed by atoms with Gasteiger partial charge in [0.15, 0.2) is 0 Å². The second-order valence-electron chi connectivity index (χ2n) is 4.00. The molecule has 5 heteroatoms. The van der Waals surface area contributed by atoms with Crippen LogP contribution in [-0.2, 0) is 11.3 Å². The summed E-state index contributed by atoms with van der Waals surface area (Å²) in [6.45, 7) is 0.893. The SMILES string of the molecule is O=C(NCCn1ncccc1=O)C1CCC1. The summed E-state index contributed by atoms with van der Waals surface area (Å²) in [6, 6.07) is 3.06. The van der Waals surface area contributed by atoms with Gasteiger partial charge in [0.1, 0.15) is 0 Å². The Morgan fingerprint density at radius 3 is 3.00 bits per heavy atom. The number of hydrogen-bond donors (Lipinski definition) is 1. The van der Waals surface area contributed by atoms with E-state index in [1.54, 1.807) is 12.3 Å². The maximum atomic E-state index is 11.5. The topological polar surface area (TPSA) is 64.0 Å². The summed E-state index contributed by atoms with van der Waals surface area (Å²) < 4.78 is 1.35. The number of rotatable bonds is 4. The molecule has 1 saturated carbocycles. The van der Waals surface area contributed by atoms with Crippen molar-refractivity contribution >= 4 is 5.91 Å². The van der Waals surface area contributed by atoms with Gasteiger partial charge in [-0.15, -0.1) is 0 Å². The van der Waals surface area contributed by atoms with Gasteiger partial charge < -0.3 is 5.32 Å². The average molecular weight is 221 g/mol. The van der Waals surface area contributed by atoms with E-state index in [9.17, 15) is 9.59 Å². The lowest BCUT2D eigenvalue weighted by Gasteiger charge is -2.23. The largest absolute Gasteiger partial charge is 0.354 e. The molecule has 1 aliphatic rings. The van der Waals surface area contributed by atoms with Crippen molar-refractivity contribution in [2.45, 2.75) is 25.8 Å². The highest BCUT2D eigenvalue weighted by molar-refractivity contribution is 5.79. The van der Waals surface area contributed by atoms with E-state index in [1.165, 1.54) is 10.7 Å². The molecule has 1 fully saturated rings. The van der Waals surface area contributed by atoms with Crippen LogP contribution in [0.4, 0.5) is 0 Å². The average Bonchev–Trinajstić information content (AvgIpc) is 2.18. The first-order chi connectivity index (χ1) is 7.77. The highest BCUT2D eigenvalue weighted by atomic mass is 16.2. The molecule has 0 atom stereocenters. The van der Waals surface area contributed by atoms with Gasteiger partial charge in [0.2, 0.25) is 5.91 Å². The van der Waals surface area contributed by atoms with Crippen LogP contribution in [0.3, 0.4) is 0 Å². The summed E-state index contributed by atoms with van der Waals surface area (Å²) in [5.74, 6) is 0.302. The second-order valence-corrected chi connectivity index (χ2v) is 4.00. The van der Waals surface area contributed by atoms with E-state index in [1.807, 2.05) is 0 Å². The first kappa shape index (κ1) is 10.9. The fourth-order valence-electron chi connectivity index (χ4n) is 1.65. The van der Waals surface area contributed by atoms with Crippen LogP contribution in [0.2, 0.25) is 0 Å². The van der Waals surface area contributed by atoms with Crippen molar-refractivity contribution < 1.29 is 4.79 Å². The molecular formula is C11H15N3O2. The van der Waals surface area contributed by atoms with Gasteiger partial charge in [-0.05, 0) is 18.9 Å². The monoisotopic (exact) mass is 221 g/mol. The number of hydrogen-bond acceptors (Lipinski definition) is 3. The molecule has 0 aliphatic heterocycles. The maximum Gasteiger partial charge on any atom is 0.266 e. The molecule has 1 aliphatic carbocycles. The summed E-state index contributed by atoms with van der Waals surface area (Å²) in [7, 11) is 0. The van der Waals surface area contributed by atoms with Crippen LogP contribution in [0.1, 0.15) is 19.3 Å². The molecule has 1 N–H and O–H groups in total. The Bertz CT molecular complexity index is 423. The van der Waals surface area contributed by atoms with Crippen molar-refractivity contribution in [2.75, 3.05) is 6.54 Å². The van der Waals surface area contributed by atoms with E-state index in [-0.39, 0.29) is 17.4 Å². The summed E-state index contributed by atoms with van der Waals surface area (Å²) in [5.41, 5.74) is -0.139. The third-order valence-electron chi connectivity index (χ3n) is 2.88. The van der Waals surface area contributed by atoms with Crippen LogP contribution in [0, 0.1) is 5.92 Å². The summed E-state index contributed by atoms with van der Waals surface area (Å²) in [6.07, 6.45) is 4.71. The van der Waals surface area contributed by atoms with Crippen molar-refractivity contribution in [1.82, 2.24) is 15.1 Å². The van der Waals surface area contributed by atoms with Gasteiger partial charge in [0, 0.05) is 24.7 Å². The molecule has 86 valence electrons. The Morgan fingerprint density at radius 1 is 1.56 bits per heavy atom. The fraction of sp³-hybridized carbons (Fsp3) is 0.545. The Labute approximate surface area is 93.5 Å². The third kappa shape index (κ3) is 2.48.